The van der Waals surface area contributed by atoms with Crippen molar-refractivity contribution in [2.75, 3.05) is 13.2 Å². The first kappa shape index (κ1) is 29.9. The van der Waals surface area contributed by atoms with Crippen LogP contribution in [0.3, 0.4) is 0 Å². The molecule has 1 aliphatic carbocycles. The van der Waals surface area contributed by atoms with Gasteiger partial charge in [0.05, 0.1) is 13.2 Å². The third kappa shape index (κ3) is 6.92. The summed E-state index contributed by atoms with van der Waals surface area (Å²) < 4.78 is 14.4. The van der Waals surface area contributed by atoms with Crippen molar-refractivity contribution >= 4 is 31.9 Å². The molecule has 1 unspecified atom stereocenters. The summed E-state index contributed by atoms with van der Waals surface area (Å²) in [5.41, 5.74) is 8.92. The van der Waals surface area contributed by atoms with Crippen LogP contribution < -0.4 is 9.47 Å². The molecular formula is C37H40Br2O2. The summed E-state index contributed by atoms with van der Waals surface area (Å²) in [7, 11) is 0. The molecule has 4 heteroatoms. The van der Waals surface area contributed by atoms with Gasteiger partial charge in [0.15, 0.2) is 0 Å². The largest absolute Gasteiger partial charge is 0.494 e. The lowest BCUT2D eigenvalue weighted by Crippen LogP contribution is -2.03. The van der Waals surface area contributed by atoms with Crippen molar-refractivity contribution in [1.82, 2.24) is 0 Å². The van der Waals surface area contributed by atoms with Crippen LogP contribution in [0.4, 0.5) is 0 Å². The van der Waals surface area contributed by atoms with Crippen LogP contribution in [0.1, 0.15) is 87.8 Å². The Labute approximate surface area is 262 Å². The third-order valence-electron chi connectivity index (χ3n) is 8.00. The molecule has 1 aliphatic rings. The number of hydrogen-bond acceptors (Lipinski definition) is 2. The highest BCUT2D eigenvalue weighted by Crippen LogP contribution is 2.55. The zero-order valence-electron chi connectivity index (χ0n) is 24.2. The van der Waals surface area contributed by atoms with E-state index in [-0.39, 0.29) is 5.92 Å². The number of rotatable bonds is 14. The highest BCUT2D eigenvalue weighted by atomic mass is 79.9. The second-order valence-corrected chi connectivity index (χ2v) is 12.6. The van der Waals surface area contributed by atoms with E-state index in [0.717, 1.165) is 46.5 Å². The first-order valence-corrected chi connectivity index (χ1v) is 16.8. The average molecular weight is 677 g/mol. The lowest BCUT2D eigenvalue weighted by atomic mass is 9.85. The summed E-state index contributed by atoms with van der Waals surface area (Å²) >= 11 is 7.80. The van der Waals surface area contributed by atoms with E-state index < -0.39 is 0 Å². The lowest BCUT2D eigenvalue weighted by molar-refractivity contribution is 0.305. The molecule has 41 heavy (non-hydrogen) atoms. The summed E-state index contributed by atoms with van der Waals surface area (Å²) in [6.07, 6.45) is 9.67. The van der Waals surface area contributed by atoms with E-state index in [0.29, 0.717) is 0 Å². The zero-order chi connectivity index (χ0) is 28.6. The van der Waals surface area contributed by atoms with Gasteiger partial charge in [-0.2, -0.15) is 0 Å². The van der Waals surface area contributed by atoms with Gasteiger partial charge < -0.3 is 9.47 Å². The Morgan fingerprint density at radius 2 is 1.17 bits per heavy atom. The minimum Gasteiger partial charge on any atom is -0.494 e. The fourth-order valence-corrected chi connectivity index (χ4v) is 7.05. The van der Waals surface area contributed by atoms with E-state index >= 15 is 0 Å². The summed E-state index contributed by atoms with van der Waals surface area (Å²) in [5.74, 6) is 2.00. The maximum Gasteiger partial charge on any atom is 0.119 e. The third-order valence-corrected chi connectivity index (χ3v) is 9.32. The smallest absolute Gasteiger partial charge is 0.119 e. The molecule has 0 aliphatic heterocycles. The van der Waals surface area contributed by atoms with Gasteiger partial charge in [0, 0.05) is 26.0 Å². The van der Waals surface area contributed by atoms with E-state index in [4.69, 9.17) is 9.47 Å². The number of fused-ring (bicyclic) bond motifs is 3. The van der Waals surface area contributed by atoms with E-state index in [9.17, 15) is 0 Å². The van der Waals surface area contributed by atoms with Crippen molar-refractivity contribution in [1.29, 1.82) is 0 Å². The number of ether oxygens (including phenoxy) is 2. The zero-order valence-corrected chi connectivity index (χ0v) is 27.4. The van der Waals surface area contributed by atoms with Crippen LogP contribution in [-0.2, 0) is 0 Å². The fraction of sp³-hybridized carbons (Fsp3) is 0.351. The summed E-state index contributed by atoms with van der Waals surface area (Å²) in [5, 5.41) is 0. The highest BCUT2D eigenvalue weighted by Gasteiger charge is 2.34. The van der Waals surface area contributed by atoms with E-state index in [1.807, 2.05) is 0 Å². The molecule has 4 aromatic rings. The van der Waals surface area contributed by atoms with Crippen molar-refractivity contribution in [3.8, 4) is 33.8 Å². The molecule has 0 heterocycles. The number of hydrogen-bond donors (Lipinski definition) is 0. The molecule has 0 saturated heterocycles. The molecule has 0 bridgehead atoms. The van der Waals surface area contributed by atoms with Gasteiger partial charge in [0.25, 0.3) is 0 Å². The van der Waals surface area contributed by atoms with Gasteiger partial charge >= 0.3 is 0 Å². The van der Waals surface area contributed by atoms with E-state index in [2.05, 4.69) is 125 Å². The van der Waals surface area contributed by atoms with Crippen molar-refractivity contribution in [2.45, 2.75) is 71.1 Å². The molecule has 0 amide bonds. The Morgan fingerprint density at radius 1 is 0.585 bits per heavy atom. The minimum absolute atomic E-state index is 0.123. The van der Waals surface area contributed by atoms with Crippen molar-refractivity contribution in [3.05, 3.63) is 104 Å². The van der Waals surface area contributed by atoms with Gasteiger partial charge in [0.1, 0.15) is 11.5 Å². The molecule has 214 valence electrons. The highest BCUT2D eigenvalue weighted by molar-refractivity contribution is 9.11. The van der Waals surface area contributed by atoms with Crippen LogP contribution in [-0.4, -0.2) is 13.2 Å². The van der Waals surface area contributed by atoms with Gasteiger partial charge in [0.2, 0.25) is 0 Å². The predicted octanol–water partition coefficient (Wildman–Crippen LogP) is 12.0. The molecule has 0 aromatic heterocycles. The number of benzene rings is 4. The van der Waals surface area contributed by atoms with Crippen LogP contribution in [0.15, 0.2) is 87.8 Å². The van der Waals surface area contributed by atoms with Gasteiger partial charge in [-0.25, -0.2) is 0 Å². The molecule has 4 aromatic carbocycles. The molecular weight excluding hydrogens is 636 g/mol. The molecule has 0 N–H and O–H groups in total. The van der Waals surface area contributed by atoms with Crippen LogP contribution in [0, 0.1) is 0 Å². The molecule has 1 atom stereocenters. The Morgan fingerprint density at radius 3 is 1.78 bits per heavy atom. The predicted molar refractivity (Wildman–Crippen MR) is 179 cm³/mol. The first-order valence-electron chi connectivity index (χ1n) is 15.2. The van der Waals surface area contributed by atoms with E-state index in [1.54, 1.807) is 0 Å². The van der Waals surface area contributed by atoms with Crippen LogP contribution in [0.5, 0.6) is 11.5 Å². The second-order valence-electron chi connectivity index (χ2n) is 10.9. The Kier molecular flexibility index (Phi) is 10.6. The monoisotopic (exact) mass is 674 g/mol. The van der Waals surface area contributed by atoms with Crippen molar-refractivity contribution < 1.29 is 9.47 Å². The molecule has 0 spiro atoms. The topological polar surface area (TPSA) is 18.5 Å². The maximum absolute atomic E-state index is 6.07. The minimum atomic E-state index is 0.123. The number of halogens is 2. The SMILES string of the molecule is CCCCCCOc1ccc(-c2c(Br)ccc3c2C(c2ccc(OCCCCCC)cc2)c2cccc(Br)c2-3)cc1. The first-order chi connectivity index (χ1) is 20.1. The van der Waals surface area contributed by atoms with Gasteiger partial charge in [-0.05, 0) is 77.1 Å². The van der Waals surface area contributed by atoms with Crippen LogP contribution in [0.2, 0.25) is 0 Å². The molecule has 0 fully saturated rings. The van der Waals surface area contributed by atoms with Gasteiger partial charge in [-0.1, -0.05) is 127 Å². The Bertz CT molecular complexity index is 1430. The van der Waals surface area contributed by atoms with Gasteiger partial charge in [-0.3, -0.25) is 0 Å². The van der Waals surface area contributed by atoms with Crippen molar-refractivity contribution in [3.63, 3.8) is 0 Å². The molecule has 0 radical (unpaired) electrons. The molecule has 2 nitrogen and oxygen atoms in total. The number of unbranched alkanes of at least 4 members (excludes halogenated alkanes) is 6. The lowest BCUT2D eigenvalue weighted by Gasteiger charge is -2.20. The molecule has 5 rings (SSSR count). The normalized spacial score (nSPS) is 13.6. The van der Waals surface area contributed by atoms with Crippen molar-refractivity contribution in [2.24, 2.45) is 0 Å². The molecule has 0 saturated carbocycles. The Balaban J connectivity index is 1.46. The second kappa shape index (κ2) is 14.6. The van der Waals surface area contributed by atoms with Gasteiger partial charge in [-0.15, -0.1) is 0 Å². The average Bonchev–Trinajstić information content (AvgIpc) is 3.33. The van der Waals surface area contributed by atoms with E-state index in [1.165, 1.54) is 77.5 Å². The summed E-state index contributed by atoms with van der Waals surface area (Å²) in [4.78, 5) is 0. The summed E-state index contributed by atoms with van der Waals surface area (Å²) in [6.45, 7) is 6.02. The quantitative estimate of drug-likeness (QED) is 0.109. The maximum atomic E-state index is 6.07. The van der Waals surface area contributed by atoms with Crippen LogP contribution in [0.25, 0.3) is 22.3 Å². The summed E-state index contributed by atoms with van der Waals surface area (Å²) in [6, 6.07) is 28.4. The van der Waals surface area contributed by atoms with Crippen LogP contribution >= 0.6 is 31.9 Å². The standard InChI is InChI=1S/C37H40Br2O2/c1-3-5-7-9-24-40-28-18-14-26(15-19-28)34-30-12-11-13-32(38)36(30)31-22-23-33(39)35(37(31)34)27-16-20-29(21-17-27)41-25-10-8-6-4-2/h11-23,34H,3-10,24-25H2,1-2H3. The Hall–Kier alpha value is -2.56. The fourth-order valence-electron chi connectivity index (χ4n) is 5.88.